The van der Waals surface area contributed by atoms with E-state index in [0.29, 0.717) is 29.4 Å². The normalized spacial score (nSPS) is 11.2. The lowest BCUT2D eigenvalue weighted by Crippen LogP contribution is -2.13. The Balaban J connectivity index is 1.79. The summed E-state index contributed by atoms with van der Waals surface area (Å²) in [6, 6.07) is 23.0. The van der Waals surface area contributed by atoms with Gasteiger partial charge in [0, 0.05) is 18.1 Å². The molecule has 1 N–H and O–H groups in total. The molecule has 4 rings (SSSR count). The van der Waals surface area contributed by atoms with E-state index in [0.717, 1.165) is 5.56 Å². The first kappa shape index (κ1) is 21.5. The van der Waals surface area contributed by atoms with E-state index < -0.39 is 10.0 Å². The quantitative estimate of drug-likeness (QED) is 0.417. The van der Waals surface area contributed by atoms with Gasteiger partial charge in [-0.25, -0.2) is 8.42 Å². The molecule has 4 aromatic rings. The highest BCUT2D eigenvalue weighted by Crippen LogP contribution is 2.36. The highest BCUT2D eigenvalue weighted by Gasteiger charge is 2.23. The number of hydrogen-bond donors (Lipinski definition) is 1. The predicted molar refractivity (Wildman–Crippen MR) is 122 cm³/mol. The van der Waals surface area contributed by atoms with E-state index in [9.17, 15) is 8.42 Å². The zero-order valence-electron chi connectivity index (χ0n) is 17.6. The molecule has 164 valence electrons. The second-order valence-electron chi connectivity index (χ2n) is 6.97. The van der Waals surface area contributed by atoms with Crippen molar-refractivity contribution in [3.63, 3.8) is 0 Å². The van der Waals surface area contributed by atoms with Gasteiger partial charge in [-0.1, -0.05) is 48.5 Å². The minimum absolute atomic E-state index is 0.0927. The highest BCUT2D eigenvalue weighted by atomic mass is 32.2. The molecule has 0 spiro atoms. The Morgan fingerprint density at radius 1 is 0.875 bits per heavy atom. The summed E-state index contributed by atoms with van der Waals surface area (Å²) in [6.45, 7) is 0. The summed E-state index contributed by atoms with van der Waals surface area (Å²) in [5.74, 6) is 1.82. The molecule has 0 bridgehead atoms. The molecule has 0 amide bonds. The third-order valence-corrected chi connectivity index (χ3v) is 6.12. The van der Waals surface area contributed by atoms with Crippen molar-refractivity contribution >= 4 is 15.8 Å². The SMILES string of the molecule is COc1cc(OC)cc(-c2oc(Cc3ccccc3)nc2NS(=O)(=O)c2ccccc2)c1. The molecule has 1 aromatic heterocycles. The largest absolute Gasteiger partial charge is 0.497 e. The van der Waals surface area contributed by atoms with E-state index in [1.165, 1.54) is 12.1 Å². The number of sulfonamides is 1. The highest BCUT2D eigenvalue weighted by molar-refractivity contribution is 7.92. The van der Waals surface area contributed by atoms with Crippen LogP contribution in [-0.2, 0) is 16.4 Å². The second-order valence-corrected chi connectivity index (χ2v) is 8.65. The van der Waals surface area contributed by atoms with Crippen LogP contribution < -0.4 is 14.2 Å². The van der Waals surface area contributed by atoms with Crippen molar-refractivity contribution in [3.05, 3.63) is 90.3 Å². The molecule has 0 atom stereocenters. The lowest BCUT2D eigenvalue weighted by molar-refractivity contribution is 0.394. The molecule has 0 saturated heterocycles. The van der Waals surface area contributed by atoms with E-state index in [-0.39, 0.29) is 16.5 Å². The molecule has 8 heteroatoms. The fourth-order valence-electron chi connectivity index (χ4n) is 3.20. The number of ether oxygens (including phenoxy) is 2. The molecular formula is C24H22N2O5S. The van der Waals surface area contributed by atoms with Gasteiger partial charge in [-0.3, -0.25) is 4.72 Å². The Morgan fingerprint density at radius 3 is 2.06 bits per heavy atom. The van der Waals surface area contributed by atoms with Crippen molar-refractivity contribution in [1.29, 1.82) is 0 Å². The van der Waals surface area contributed by atoms with Crippen molar-refractivity contribution in [2.75, 3.05) is 18.9 Å². The van der Waals surface area contributed by atoms with Crippen LogP contribution in [0.2, 0.25) is 0 Å². The van der Waals surface area contributed by atoms with Gasteiger partial charge in [0.05, 0.1) is 19.1 Å². The van der Waals surface area contributed by atoms with Gasteiger partial charge in [-0.05, 0) is 29.8 Å². The summed E-state index contributed by atoms with van der Waals surface area (Å²) >= 11 is 0. The maximum atomic E-state index is 13.0. The van der Waals surface area contributed by atoms with E-state index in [1.54, 1.807) is 50.6 Å². The molecule has 0 radical (unpaired) electrons. The van der Waals surface area contributed by atoms with E-state index in [2.05, 4.69) is 9.71 Å². The average Bonchev–Trinajstić information content (AvgIpc) is 3.21. The fourth-order valence-corrected chi connectivity index (χ4v) is 4.23. The summed E-state index contributed by atoms with van der Waals surface area (Å²) in [5, 5.41) is 0. The summed E-state index contributed by atoms with van der Waals surface area (Å²) in [7, 11) is -0.789. The number of hydrogen-bond acceptors (Lipinski definition) is 6. The lowest BCUT2D eigenvalue weighted by Gasteiger charge is -2.09. The molecule has 1 heterocycles. The zero-order chi connectivity index (χ0) is 22.6. The van der Waals surface area contributed by atoms with Gasteiger partial charge in [0.25, 0.3) is 10.0 Å². The van der Waals surface area contributed by atoms with Crippen molar-refractivity contribution in [3.8, 4) is 22.8 Å². The molecule has 0 unspecified atom stereocenters. The van der Waals surface area contributed by atoms with Crippen molar-refractivity contribution < 1.29 is 22.3 Å². The summed E-state index contributed by atoms with van der Waals surface area (Å²) < 4.78 is 45.2. The number of nitrogens with zero attached hydrogens (tertiary/aromatic N) is 1. The van der Waals surface area contributed by atoms with Crippen molar-refractivity contribution in [1.82, 2.24) is 4.98 Å². The maximum Gasteiger partial charge on any atom is 0.263 e. The molecular weight excluding hydrogens is 428 g/mol. The van der Waals surface area contributed by atoms with Crippen LogP contribution in [0.3, 0.4) is 0 Å². The minimum atomic E-state index is -3.87. The monoisotopic (exact) mass is 450 g/mol. The van der Waals surface area contributed by atoms with Gasteiger partial charge < -0.3 is 13.9 Å². The third kappa shape index (κ3) is 4.76. The molecule has 0 aliphatic carbocycles. The number of methoxy groups -OCH3 is 2. The van der Waals surface area contributed by atoms with E-state index >= 15 is 0 Å². The minimum Gasteiger partial charge on any atom is -0.497 e. The number of nitrogens with one attached hydrogen (secondary N) is 1. The number of rotatable bonds is 8. The van der Waals surface area contributed by atoms with Crippen LogP contribution in [0.5, 0.6) is 11.5 Å². The van der Waals surface area contributed by atoms with Crippen LogP contribution in [0.4, 0.5) is 5.82 Å². The molecule has 32 heavy (non-hydrogen) atoms. The number of oxazole rings is 1. The van der Waals surface area contributed by atoms with Gasteiger partial charge in [0.15, 0.2) is 11.6 Å². The van der Waals surface area contributed by atoms with Crippen molar-refractivity contribution in [2.24, 2.45) is 0 Å². The summed E-state index contributed by atoms with van der Waals surface area (Å²) in [5.41, 5.74) is 1.56. The first-order valence-electron chi connectivity index (χ1n) is 9.83. The Morgan fingerprint density at radius 2 is 1.47 bits per heavy atom. The summed E-state index contributed by atoms with van der Waals surface area (Å²) in [4.78, 5) is 4.59. The Labute approximate surface area is 186 Å². The zero-order valence-corrected chi connectivity index (χ0v) is 18.4. The van der Waals surface area contributed by atoms with Crippen LogP contribution >= 0.6 is 0 Å². The first-order valence-corrected chi connectivity index (χ1v) is 11.3. The number of aromatic nitrogens is 1. The van der Waals surface area contributed by atoms with E-state index in [4.69, 9.17) is 13.9 Å². The second kappa shape index (κ2) is 9.15. The molecule has 7 nitrogen and oxygen atoms in total. The molecule has 3 aromatic carbocycles. The standard InChI is InChI=1S/C24H22N2O5S/c1-29-19-14-18(15-20(16-19)30-2)23-24(26-32(27,28)21-11-7-4-8-12-21)25-22(31-23)13-17-9-5-3-6-10-17/h3-12,14-16,26H,13H2,1-2H3. The van der Waals surface area contributed by atoms with Crippen LogP contribution in [0.1, 0.15) is 11.5 Å². The van der Waals surface area contributed by atoms with Gasteiger partial charge in [-0.2, -0.15) is 4.98 Å². The van der Waals surface area contributed by atoms with Crippen LogP contribution in [0.25, 0.3) is 11.3 Å². The van der Waals surface area contributed by atoms with Crippen molar-refractivity contribution in [2.45, 2.75) is 11.3 Å². The van der Waals surface area contributed by atoms with Gasteiger partial charge in [-0.15, -0.1) is 0 Å². The average molecular weight is 451 g/mol. The maximum absolute atomic E-state index is 13.0. The van der Waals surface area contributed by atoms with Crippen LogP contribution in [0.15, 0.2) is 88.2 Å². The third-order valence-electron chi connectivity index (χ3n) is 4.77. The topological polar surface area (TPSA) is 90.7 Å². The van der Waals surface area contributed by atoms with E-state index in [1.807, 2.05) is 30.3 Å². The first-order chi connectivity index (χ1) is 15.5. The Kier molecular flexibility index (Phi) is 6.13. The van der Waals surface area contributed by atoms with Crippen LogP contribution in [-0.4, -0.2) is 27.6 Å². The fraction of sp³-hybridized carbons (Fsp3) is 0.125. The molecule has 0 fully saturated rings. The Hall–Kier alpha value is -3.78. The lowest BCUT2D eigenvalue weighted by atomic mass is 10.1. The van der Waals surface area contributed by atoms with Gasteiger partial charge in [0.2, 0.25) is 5.89 Å². The molecule has 0 aliphatic rings. The van der Waals surface area contributed by atoms with Gasteiger partial charge in [0.1, 0.15) is 11.5 Å². The van der Waals surface area contributed by atoms with Gasteiger partial charge >= 0.3 is 0 Å². The predicted octanol–water partition coefficient (Wildman–Crippen LogP) is 4.75. The van der Waals surface area contributed by atoms with Crippen LogP contribution in [0, 0.1) is 0 Å². The Bertz CT molecular complexity index is 1280. The molecule has 0 saturated carbocycles. The number of benzene rings is 3. The molecule has 0 aliphatic heterocycles. The summed E-state index contributed by atoms with van der Waals surface area (Å²) in [6.07, 6.45) is 0.405. The smallest absolute Gasteiger partial charge is 0.263 e. The number of anilines is 1.